The zero-order chi connectivity index (χ0) is 10.1. The zero-order valence-electron chi connectivity index (χ0n) is 6.39. The summed E-state index contributed by atoms with van der Waals surface area (Å²) >= 11 is 0. The molecule has 6 heteroatoms. The molecule has 0 aromatic heterocycles. The van der Waals surface area contributed by atoms with E-state index in [2.05, 4.69) is 0 Å². The molecule has 0 atom stereocenters. The number of sulfonamides is 1. The first kappa shape index (κ1) is 9.69. The van der Waals surface area contributed by atoms with Crippen LogP contribution >= 0.6 is 0 Å². The summed E-state index contributed by atoms with van der Waals surface area (Å²) in [7, 11) is -4.07. The van der Waals surface area contributed by atoms with Crippen LogP contribution in [0.3, 0.4) is 0 Å². The predicted molar refractivity (Wildman–Crippen MR) is 43.7 cm³/mol. The van der Waals surface area contributed by atoms with Crippen LogP contribution in [0.4, 0.5) is 0 Å². The van der Waals surface area contributed by atoms with Crippen LogP contribution in [-0.2, 0) is 10.0 Å². The SMILES string of the molecule is [NH]S(=O)(=O)c1cccc(C(=O)O)c1. The van der Waals surface area contributed by atoms with Gasteiger partial charge in [0.15, 0.2) is 0 Å². The summed E-state index contributed by atoms with van der Waals surface area (Å²) in [6.45, 7) is 0. The lowest BCUT2D eigenvalue weighted by atomic mass is 10.2. The molecular weight excluding hydrogens is 194 g/mol. The van der Waals surface area contributed by atoms with Crippen molar-refractivity contribution in [3.8, 4) is 0 Å². The summed E-state index contributed by atoms with van der Waals surface area (Å²) in [4.78, 5) is 10.1. The second-order valence-electron chi connectivity index (χ2n) is 2.34. The molecule has 0 fully saturated rings. The molecule has 2 N–H and O–H groups in total. The minimum atomic E-state index is -4.07. The zero-order valence-corrected chi connectivity index (χ0v) is 7.21. The highest BCUT2D eigenvalue weighted by atomic mass is 32.2. The highest BCUT2D eigenvalue weighted by Crippen LogP contribution is 2.10. The normalized spacial score (nSPS) is 11.2. The molecule has 0 saturated carbocycles. The third-order valence-electron chi connectivity index (χ3n) is 1.39. The van der Waals surface area contributed by atoms with Gasteiger partial charge in [-0.3, -0.25) is 0 Å². The average molecular weight is 200 g/mol. The maximum Gasteiger partial charge on any atom is 0.335 e. The highest BCUT2D eigenvalue weighted by molar-refractivity contribution is 7.88. The molecule has 0 heterocycles. The number of aromatic carboxylic acids is 1. The Hall–Kier alpha value is -1.40. The van der Waals surface area contributed by atoms with Crippen LogP contribution in [0.1, 0.15) is 10.4 Å². The van der Waals surface area contributed by atoms with Crippen LogP contribution in [0, 0.1) is 0 Å². The minimum Gasteiger partial charge on any atom is -0.478 e. The fourth-order valence-corrected chi connectivity index (χ4v) is 1.34. The standard InChI is InChI=1S/C7H6NO4S/c8-13(11,12)6-3-1-2-5(4-6)7(9)10/h1-4,8H,(H,9,10). The topological polar surface area (TPSA) is 95.2 Å². The quantitative estimate of drug-likeness (QED) is 0.745. The molecule has 0 bridgehead atoms. The van der Waals surface area contributed by atoms with Gasteiger partial charge in [-0.05, 0) is 18.2 Å². The van der Waals surface area contributed by atoms with E-state index < -0.39 is 16.0 Å². The summed E-state index contributed by atoms with van der Waals surface area (Å²) in [5, 5.41) is 15.2. The van der Waals surface area contributed by atoms with Crippen molar-refractivity contribution < 1.29 is 18.3 Å². The van der Waals surface area contributed by atoms with E-state index in [-0.39, 0.29) is 10.5 Å². The summed E-state index contributed by atoms with van der Waals surface area (Å²) in [6, 6.07) is 4.67. The number of nitrogens with one attached hydrogen (secondary N) is 1. The number of hydrogen-bond acceptors (Lipinski definition) is 3. The molecule has 0 aliphatic heterocycles. The van der Waals surface area contributed by atoms with Crippen LogP contribution in [0.5, 0.6) is 0 Å². The summed E-state index contributed by atoms with van der Waals surface area (Å²) in [5.74, 6) is -1.22. The number of benzene rings is 1. The molecule has 5 nitrogen and oxygen atoms in total. The lowest BCUT2D eigenvalue weighted by molar-refractivity contribution is 0.0696. The molecule has 13 heavy (non-hydrogen) atoms. The van der Waals surface area contributed by atoms with E-state index in [1.807, 2.05) is 0 Å². The molecule has 0 aliphatic rings. The predicted octanol–water partition coefficient (Wildman–Crippen LogP) is 0.356. The highest BCUT2D eigenvalue weighted by Gasteiger charge is 2.11. The first-order valence-corrected chi connectivity index (χ1v) is 4.72. The van der Waals surface area contributed by atoms with E-state index in [0.717, 1.165) is 6.07 Å². The van der Waals surface area contributed by atoms with Crippen LogP contribution < -0.4 is 5.14 Å². The fourth-order valence-electron chi connectivity index (χ4n) is 0.796. The Balaban J connectivity index is 3.29. The van der Waals surface area contributed by atoms with Gasteiger partial charge in [0.2, 0.25) is 0 Å². The molecule has 0 spiro atoms. The second-order valence-corrected chi connectivity index (χ2v) is 3.81. The minimum absolute atomic E-state index is 0.145. The average Bonchev–Trinajstić information content (AvgIpc) is 2.03. The van der Waals surface area contributed by atoms with Crippen molar-refractivity contribution in [3.63, 3.8) is 0 Å². The molecule has 0 aliphatic carbocycles. The van der Waals surface area contributed by atoms with Crippen LogP contribution in [0.25, 0.3) is 0 Å². The number of carboxylic acids is 1. The van der Waals surface area contributed by atoms with Gasteiger partial charge < -0.3 is 5.11 Å². The van der Waals surface area contributed by atoms with Gasteiger partial charge in [-0.15, -0.1) is 5.14 Å². The monoisotopic (exact) mass is 200 g/mol. The van der Waals surface area contributed by atoms with Gasteiger partial charge in [-0.1, -0.05) is 6.07 Å². The molecule has 1 radical (unpaired) electrons. The summed E-state index contributed by atoms with van der Waals surface area (Å²) in [5.41, 5.74) is -0.145. The van der Waals surface area contributed by atoms with Crippen molar-refractivity contribution in [1.29, 1.82) is 0 Å². The molecular formula is C7H6NO4S. The Morgan fingerprint density at radius 3 is 2.46 bits per heavy atom. The molecule has 0 saturated heterocycles. The third kappa shape index (κ3) is 2.27. The van der Waals surface area contributed by atoms with Gasteiger partial charge in [-0.25, -0.2) is 13.2 Å². The van der Waals surface area contributed by atoms with E-state index >= 15 is 0 Å². The molecule has 1 aromatic rings. The summed E-state index contributed by atoms with van der Waals surface area (Å²) in [6.07, 6.45) is 0. The maximum absolute atomic E-state index is 10.7. The Bertz CT molecular complexity index is 438. The molecule has 1 rings (SSSR count). The first-order chi connectivity index (χ1) is 5.91. The Labute approximate surface area is 74.9 Å². The van der Waals surface area contributed by atoms with Crippen molar-refractivity contribution in [1.82, 2.24) is 5.14 Å². The van der Waals surface area contributed by atoms with Crippen LogP contribution in [0.2, 0.25) is 0 Å². The summed E-state index contributed by atoms with van der Waals surface area (Å²) < 4.78 is 21.4. The van der Waals surface area contributed by atoms with Crippen molar-refractivity contribution >= 4 is 16.0 Å². The largest absolute Gasteiger partial charge is 0.478 e. The number of carboxylic acid groups (broad SMARTS) is 1. The van der Waals surface area contributed by atoms with Crippen LogP contribution in [-0.4, -0.2) is 19.5 Å². The van der Waals surface area contributed by atoms with Gasteiger partial charge in [0.25, 0.3) is 10.0 Å². The Morgan fingerprint density at radius 1 is 1.38 bits per heavy atom. The van der Waals surface area contributed by atoms with Gasteiger partial charge >= 0.3 is 5.97 Å². The van der Waals surface area contributed by atoms with Gasteiger partial charge in [0, 0.05) is 0 Å². The Morgan fingerprint density at radius 2 is 2.00 bits per heavy atom. The molecule has 0 unspecified atom stereocenters. The van der Waals surface area contributed by atoms with E-state index in [1.54, 1.807) is 0 Å². The van der Waals surface area contributed by atoms with Gasteiger partial charge in [0.1, 0.15) is 0 Å². The van der Waals surface area contributed by atoms with Crippen molar-refractivity contribution in [2.24, 2.45) is 0 Å². The van der Waals surface area contributed by atoms with Crippen molar-refractivity contribution in [2.45, 2.75) is 4.90 Å². The van der Waals surface area contributed by atoms with Crippen molar-refractivity contribution in [2.75, 3.05) is 0 Å². The van der Waals surface area contributed by atoms with Crippen LogP contribution in [0.15, 0.2) is 29.2 Å². The fraction of sp³-hybridized carbons (Fsp3) is 0. The van der Waals surface area contributed by atoms with E-state index in [4.69, 9.17) is 10.2 Å². The number of carbonyl (C=O) groups is 1. The van der Waals surface area contributed by atoms with E-state index in [0.29, 0.717) is 0 Å². The molecule has 0 amide bonds. The lowest BCUT2D eigenvalue weighted by Crippen LogP contribution is -2.03. The molecule has 69 valence electrons. The van der Waals surface area contributed by atoms with Gasteiger partial charge in [-0.2, -0.15) is 0 Å². The first-order valence-electron chi connectivity index (χ1n) is 3.24. The lowest BCUT2D eigenvalue weighted by Gasteiger charge is -1.97. The van der Waals surface area contributed by atoms with Gasteiger partial charge in [0.05, 0.1) is 10.5 Å². The maximum atomic E-state index is 10.7. The third-order valence-corrected chi connectivity index (χ3v) is 2.27. The van der Waals surface area contributed by atoms with Crippen molar-refractivity contribution in [3.05, 3.63) is 29.8 Å². The number of hydrogen-bond donors (Lipinski definition) is 1. The number of rotatable bonds is 2. The second kappa shape index (κ2) is 3.15. The Kier molecular flexibility index (Phi) is 2.35. The smallest absolute Gasteiger partial charge is 0.335 e. The van der Waals surface area contributed by atoms with E-state index in [1.165, 1.54) is 18.2 Å². The molecule has 1 aromatic carbocycles. The van der Waals surface area contributed by atoms with E-state index in [9.17, 15) is 13.2 Å².